The van der Waals surface area contributed by atoms with Crippen LogP contribution < -0.4 is 11.1 Å². The molecule has 16 heavy (non-hydrogen) atoms. The number of thiophene rings is 1. The molecular weight excluding hydrogens is 244 g/mol. The Morgan fingerprint density at radius 2 is 1.94 bits per heavy atom. The van der Waals surface area contributed by atoms with Gasteiger partial charge < -0.3 is 11.1 Å². The number of rotatable bonds is 2. The molecule has 1 aromatic carbocycles. The summed E-state index contributed by atoms with van der Waals surface area (Å²) in [5.41, 5.74) is 6.85. The fourth-order valence-corrected chi connectivity index (χ4v) is 2.00. The maximum Gasteiger partial charge on any atom is 0.258 e. The number of carbonyl (C=O) groups excluding carboxylic acids is 1. The summed E-state index contributed by atoms with van der Waals surface area (Å²) in [5, 5.41) is 5.68. The first-order chi connectivity index (χ1) is 7.66. The minimum atomic E-state index is -0.207. The summed E-state index contributed by atoms with van der Waals surface area (Å²) >= 11 is 7.08. The highest BCUT2D eigenvalue weighted by molar-refractivity contribution is 7.14. The average Bonchev–Trinajstić information content (AvgIpc) is 2.68. The van der Waals surface area contributed by atoms with E-state index >= 15 is 0 Å². The van der Waals surface area contributed by atoms with Gasteiger partial charge in [-0.1, -0.05) is 11.6 Å². The van der Waals surface area contributed by atoms with Gasteiger partial charge >= 0.3 is 0 Å². The van der Waals surface area contributed by atoms with E-state index in [1.807, 2.05) is 0 Å². The number of anilines is 2. The van der Waals surface area contributed by atoms with Gasteiger partial charge in [0, 0.05) is 10.7 Å². The zero-order valence-electron chi connectivity index (χ0n) is 8.24. The SMILES string of the molecule is Nc1sccc1C(=O)Nc1ccc(Cl)cc1. The van der Waals surface area contributed by atoms with E-state index < -0.39 is 0 Å². The van der Waals surface area contributed by atoms with E-state index in [2.05, 4.69) is 5.32 Å². The van der Waals surface area contributed by atoms with Crippen LogP contribution in [0.3, 0.4) is 0 Å². The smallest absolute Gasteiger partial charge is 0.258 e. The molecule has 5 heteroatoms. The zero-order valence-corrected chi connectivity index (χ0v) is 9.81. The highest BCUT2D eigenvalue weighted by Gasteiger charge is 2.10. The molecule has 0 aliphatic carbocycles. The zero-order chi connectivity index (χ0) is 11.5. The molecule has 1 heterocycles. The van der Waals surface area contributed by atoms with E-state index in [0.717, 1.165) is 0 Å². The fraction of sp³-hybridized carbons (Fsp3) is 0. The summed E-state index contributed by atoms with van der Waals surface area (Å²) < 4.78 is 0. The standard InChI is InChI=1S/C11H9ClN2OS/c12-7-1-3-8(4-2-7)14-11(15)9-5-6-16-10(9)13/h1-6H,13H2,(H,14,15). The largest absolute Gasteiger partial charge is 0.390 e. The van der Waals surface area contributed by atoms with Crippen LogP contribution in [0.1, 0.15) is 10.4 Å². The number of hydrogen-bond donors (Lipinski definition) is 2. The Balaban J connectivity index is 2.14. The molecule has 1 aromatic heterocycles. The summed E-state index contributed by atoms with van der Waals surface area (Å²) in [5.74, 6) is -0.207. The molecule has 2 aromatic rings. The van der Waals surface area contributed by atoms with E-state index in [-0.39, 0.29) is 5.91 Å². The predicted molar refractivity (Wildman–Crippen MR) is 68.1 cm³/mol. The van der Waals surface area contributed by atoms with Crippen molar-refractivity contribution in [2.24, 2.45) is 0 Å². The lowest BCUT2D eigenvalue weighted by molar-refractivity contribution is 0.102. The minimum Gasteiger partial charge on any atom is -0.390 e. The number of hydrogen-bond acceptors (Lipinski definition) is 3. The van der Waals surface area contributed by atoms with Gasteiger partial charge in [0.15, 0.2) is 0 Å². The Labute approximate surface area is 102 Å². The van der Waals surface area contributed by atoms with Crippen LogP contribution in [0.5, 0.6) is 0 Å². The first-order valence-electron chi connectivity index (χ1n) is 4.56. The van der Waals surface area contributed by atoms with Crippen LogP contribution >= 0.6 is 22.9 Å². The molecule has 0 radical (unpaired) electrons. The third kappa shape index (κ3) is 2.35. The molecular formula is C11H9ClN2OS. The molecule has 0 spiro atoms. The summed E-state index contributed by atoms with van der Waals surface area (Å²) in [6.45, 7) is 0. The van der Waals surface area contributed by atoms with Crippen molar-refractivity contribution >= 4 is 39.5 Å². The quantitative estimate of drug-likeness (QED) is 0.862. The van der Waals surface area contributed by atoms with Crippen LogP contribution in [0, 0.1) is 0 Å². The number of amides is 1. The van der Waals surface area contributed by atoms with E-state index in [0.29, 0.717) is 21.3 Å². The molecule has 0 saturated carbocycles. The molecule has 0 fully saturated rings. The lowest BCUT2D eigenvalue weighted by Crippen LogP contribution is -2.12. The number of nitrogen functional groups attached to an aromatic ring is 1. The number of carbonyl (C=O) groups is 1. The van der Waals surface area contributed by atoms with Crippen molar-refractivity contribution in [1.82, 2.24) is 0 Å². The van der Waals surface area contributed by atoms with Crippen molar-refractivity contribution in [2.75, 3.05) is 11.1 Å². The molecule has 3 nitrogen and oxygen atoms in total. The summed E-state index contributed by atoms with van der Waals surface area (Å²) in [6, 6.07) is 8.61. The van der Waals surface area contributed by atoms with Crippen molar-refractivity contribution in [3.8, 4) is 0 Å². The van der Waals surface area contributed by atoms with Gasteiger partial charge in [-0.3, -0.25) is 4.79 Å². The van der Waals surface area contributed by atoms with Gasteiger partial charge in [0.2, 0.25) is 0 Å². The number of nitrogens with one attached hydrogen (secondary N) is 1. The van der Waals surface area contributed by atoms with Crippen molar-refractivity contribution < 1.29 is 4.79 Å². The first-order valence-corrected chi connectivity index (χ1v) is 5.82. The number of benzene rings is 1. The summed E-state index contributed by atoms with van der Waals surface area (Å²) in [6.07, 6.45) is 0. The van der Waals surface area contributed by atoms with Crippen LogP contribution in [-0.4, -0.2) is 5.91 Å². The van der Waals surface area contributed by atoms with Gasteiger partial charge in [-0.25, -0.2) is 0 Å². The molecule has 0 bridgehead atoms. The van der Waals surface area contributed by atoms with Crippen LogP contribution in [0.15, 0.2) is 35.7 Å². The lowest BCUT2D eigenvalue weighted by Gasteiger charge is -2.04. The van der Waals surface area contributed by atoms with Crippen LogP contribution in [0.4, 0.5) is 10.7 Å². The van der Waals surface area contributed by atoms with Crippen LogP contribution in [0.25, 0.3) is 0 Å². The summed E-state index contributed by atoms with van der Waals surface area (Å²) in [4.78, 5) is 11.8. The number of nitrogens with two attached hydrogens (primary N) is 1. The Morgan fingerprint density at radius 1 is 1.25 bits per heavy atom. The average molecular weight is 253 g/mol. The Bertz CT molecular complexity index is 507. The second kappa shape index (κ2) is 4.55. The first kappa shape index (κ1) is 11.0. The molecule has 0 saturated heterocycles. The Kier molecular flexibility index (Phi) is 3.12. The van der Waals surface area contributed by atoms with Gasteiger partial charge in [-0.2, -0.15) is 0 Å². The maximum absolute atomic E-state index is 11.8. The van der Waals surface area contributed by atoms with Gasteiger partial charge in [0.25, 0.3) is 5.91 Å². The van der Waals surface area contributed by atoms with Crippen molar-refractivity contribution in [3.05, 3.63) is 46.3 Å². The van der Waals surface area contributed by atoms with E-state index in [1.165, 1.54) is 11.3 Å². The summed E-state index contributed by atoms with van der Waals surface area (Å²) in [7, 11) is 0. The molecule has 82 valence electrons. The second-order valence-electron chi connectivity index (χ2n) is 3.16. The van der Waals surface area contributed by atoms with E-state index in [4.69, 9.17) is 17.3 Å². The van der Waals surface area contributed by atoms with Crippen molar-refractivity contribution in [1.29, 1.82) is 0 Å². The van der Waals surface area contributed by atoms with Crippen LogP contribution in [-0.2, 0) is 0 Å². The molecule has 2 rings (SSSR count). The van der Waals surface area contributed by atoms with Gasteiger partial charge in [0.1, 0.15) is 0 Å². The van der Waals surface area contributed by atoms with Gasteiger partial charge in [0.05, 0.1) is 10.6 Å². The van der Waals surface area contributed by atoms with E-state index in [9.17, 15) is 4.79 Å². The monoisotopic (exact) mass is 252 g/mol. The minimum absolute atomic E-state index is 0.207. The molecule has 0 atom stereocenters. The third-order valence-electron chi connectivity index (χ3n) is 2.04. The molecule has 0 unspecified atom stereocenters. The van der Waals surface area contributed by atoms with E-state index in [1.54, 1.807) is 35.7 Å². The third-order valence-corrected chi connectivity index (χ3v) is 3.04. The van der Waals surface area contributed by atoms with Crippen molar-refractivity contribution in [3.63, 3.8) is 0 Å². The molecule has 3 N–H and O–H groups in total. The second-order valence-corrected chi connectivity index (χ2v) is 4.54. The van der Waals surface area contributed by atoms with Crippen molar-refractivity contribution in [2.45, 2.75) is 0 Å². The Hall–Kier alpha value is -1.52. The highest BCUT2D eigenvalue weighted by atomic mass is 35.5. The number of halogens is 1. The van der Waals surface area contributed by atoms with Gasteiger partial charge in [-0.05, 0) is 35.7 Å². The lowest BCUT2D eigenvalue weighted by atomic mass is 10.2. The maximum atomic E-state index is 11.8. The van der Waals surface area contributed by atoms with Gasteiger partial charge in [-0.15, -0.1) is 11.3 Å². The topological polar surface area (TPSA) is 55.1 Å². The van der Waals surface area contributed by atoms with Crippen LogP contribution in [0.2, 0.25) is 5.02 Å². The molecule has 0 aliphatic heterocycles. The highest BCUT2D eigenvalue weighted by Crippen LogP contribution is 2.21. The Morgan fingerprint density at radius 3 is 2.50 bits per heavy atom. The fourth-order valence-electron chi connectivity index (χ4n) is 1.24. The normalized spacial score (nSPS) is 10.1. The predicted octanol–water partition coefficient (Wildman–Crippen LogP) is 3.24. The molecule has 0 aliphatic rings. The molecule has 1 amide bonds.